The zero-order chi connectivity index (χ0) is 33.3. The van der Waals surface area contributed by atoms with Crippen molar-refractivity contribution >= 4 is 21.9 Å². The van der Waals surface area contributed by atoms with E-state index in [0.717, 1.165) is 21.9 Å². The average Bonchev–Trinajstić information content (AvgIpc) is 3.47. The molecular formula is C33H21N3O. The molecule has 0 N–H and O–H groups in total. The first-order chi connectivity index (χ1) is 22.5. The van der Waals surface area contributed by atoms with Crippen molar-refractivity contribution in [3.05, 3.63) is 127 Å². The molecule has 0 radical (unpaired) electrons. The van der Waals surface area contributed by atoms with E-state index in [9.17, 15) is 0 Å². The van der Waals surface area contributed by atoms with Gasteiger partial charge in [-0.1, -0.05) is 109 Å². The molecule has 0 aliphatic heterocycles. The maximum Gasteiger partial charge on any atom is 0.164 e. The van der Waals surface area contributed by atoms with Crippen molar-refractivity contribution in [3.8, 4) is 45.3 Å². The fraction of sp³-hybridized carbons (Fsp3) is 0. The van der Waals surface area contributed by atoms with Crippen LogP contribution in [0.3, 0.4) is 0 Å². The summed E-state index contributed by atoms with van der Waals surface area (Å²) >= 11 is 0. The Bertz CT molecular complexity index is 2280. The van der Waals surface area contributed by atoms with Gasteiger partial charge in [0.15, 0.2) is 17.5 Å². The summed E-state index contributed by atoms with van der Waals surface area (Å²) in [6, 6.07) is 15.0. The van der Waals surface area contributed by atoms with Gasteiger partial charge in [-0.2, -0.15) is 0 Å². The maximum atomic E-state index is 8.52. The standard InChI is InChI=1S/C33H21N3O/c1-4-11-22(12-5-1)26-17-10-18-28-30(26)27-20-19-25(21-29(27)37-28)33-35-31(23-13-6-2-7-14-23)34-32(36-33)24-15-8-3-9-16-24/h1-21H/i2D,3D,6D,7D,8D,9D,13D,14D,15D,16D. The van der Waals surface area contributed by atoms with E-state index in [1.165, 1.54) is 0 Å². The van der Waals surface area contributed by atoms with Gasteiger partial charge in [0.1, 0.15) is 11.2 Å². The molecular weight excluding hydrogens is 454 g/mol. The summed E-state index contributed by atoms with van der Waals surface area (Å²) in [5.74, 6) is -0.691. The van der Waals surface area contributed by atoms with Crippen LogP contribution < -0.4 is 0 Å². The Balaban J connectivity index is 1.51. The molecule has 0 unspecified atom stereocenters. The number of aromatic nitrogens is 3. The van der Waals surface area contributed by atoms with Gasteiger partial charge in [-0.05, 0) is 29.3 Å². The normalized spacial score (nSPS) is 15.0. The third-order valence-corrected chi connectivity index (χ3v) is 5.92. The van der Waals surface area contributed by atoms with Crippen molar-refractivity contribution in [2.45, 2.75) is 0 Å². The number of hydrogen-bond donors (Lipinski definition) is 0. The Labute approximate surface area is 228 Å². The highest BCUT2D eigenvalue weighted by Crippen LogP contribution is 2.38. The molecule has 5 aromatic carbocycles. The Kier molecular flexibility index (Phi) is 3.18. The lowest BCUT2D eigenvalue weighted by Gasteiger charge is -2.08. The van der Waals surface area contributed by atoms with E-state index in [1.54, 1.807) is 12.1 Å². The average molecular weight is 486 g/mol. The van der Waals surface area contributed by atoms with Crippen molar-refractivity contribution in [3.63, 3.8) is 0 Å². The summed E-state index contributed by atoms with van der Waals surface area (Å²) in [6.07, 6.45) is 0. The van der Waals surface area contributed by atoms with E-state index < -0.39 is 60.4 Å². The van der Waals surface area contributed by atoms with E-state index in [4.69, 9.17) is 18.1 Å². The molecule has 37 heavy (non-hydrogen) atoms. The van der Waals surface area contributed by atoms with E-state index >= 15 is 0 Å². The van der Waals surface area contributed by atoms with Crippen molar-refractivity contribution in [1.82, 2.24) is 15.0 Å². The minimum absolute atomic E-state index is 0.0331. The van der Waals surface area contributed by atoms with Crippen LogP contribution in [0.15, 0.2) is 132 Å². The predicted molar refractivity (Wildman–Crippen MR) is 149 cm³/mol. The van der Waals surface area contributed by atoms with E-state index in [1.807, 2.05) is 54.6 Å². The lowest BCUT2D eigenvalue weighted by atomic mass is 9.99. The SMILES string of the molecule is [2H]c1c([2H])c([2H])c(-c2nc(-c3ccc4c(c3)oc3cccc(-c5ccccc5)c34)nc(-c3c([2H])c([2H])c([2H])c([2H])c3[2H])n2)c([2H])c1[2H]. The van der Waals surface area contributed by atoms with Crippen molar-refractivity contribution < 1.29 is 18.1 Å². The molecule has 4 nitrogen and oxygen atoms in total. The molecule has 0 saturated carbocycles. The largest absolute Gasteiger partial charge is 0.456 e. The highest BCUT2D eigenvalue weighted by atomic mass is 16.3. The van der Waals surface area contributed by atoms with Crippen LogP contribution in [0.2, 0.25) is 0 Å². The van der Waals surface area contributed by atoms with E-state index in [-0.39, 0.29) is 28.6 Å². The second-order valence-electron chi connectivity index (χ2n) is 8.16. The summed E-state index contributed by atoms with van der Waals surface area (Å²) in [7, 11) is 0. The second-order valence-corrected chi connectivity index (χ2v) is 8.16. The van der Waals surface area contributed by atoms with Gasteiger partial charge in [-0.25, -0.2) is 15.0 Å². The molecule has 0 aliphatic rings. The molecule has 2 aromatic heterocycles. The van der Waals surface area contributed by atoms with Gasteiger partial charge in [-0.15, -0.1) is 0 Å². The maximum absolute atomic E-state index is 8.52. The molecule has 0 atom stereocenters. The third kappa shape index (κ3) is 3.85. The Morgan fingerprint density at radius 2 is 1.14 bits per heavy atom. The molecule has 174 valence electrons. The van der Waals surface area contributed by atoms with Crippen LogP contribution >= 0.6 is 0 Å². The second kappa shape index (κ2) is 8.85. The molecule has 0 fully saturated rings. The van der Waals surface area contributed by atoms with Gasteiger partial charge in [0.2, 0.25) is 0 Å². The zero-order valence-electron chi connectivity index (χ0n) is 29.1. The molecule has 2 heterocycles. The molecule has 0 aliphatic carbocycles. The van der Waals surface area contributed by atoms with Gasteiger partial charge >= 0.3 is 0 Å². The molecule has 0 amide bonds. The van der Waals surface area contributed by atoms with E-state index in [0.29, 0.717) is 16.7 Å². The lowest BCUT2D eigenvalue weighted by Crippen LogP contribution is -2.00. The topological polar surface area (TPSA) is 51.8 Å². The minimum Gasteiger partial charge on any atom is -0.456 e. The van der Waals surface area contributed by atoms with Crippen molar-refractivity contribution in [1.29, 1.82) is 0 Å². The molecule has 7 aromatic rings. The fourth-order valence-electron chi connectivity index (χ4n) is 4.28. The molecule has 0 bridgehead atoms. The monoisotopic (exact) mass is 485 g/mol. The first kappa shape index (κ1) is 13.3. The molecule has 7 rings (SSSR count). The van der Waals surface area contributed by atoms with Crippen LogP contribution in [0.5, 0.6) is 0 Å². The van der Waals surface area contributed by atoms with Gasteiger partial charge < -0.3 is 4.42 Å². The number of hydrogen-bond acceptors (Lipinski definition) is 4. The molecule has 0 spiro atoms. The van der Waals surface area contributed by atoms with Gasteiger partial charge in [0.05, 0.1) is 13.7 Å². The molecule has 0 saturated heterocycles. The quantitative estimate of drug-likeness (QED) is 0.251. The number of nitrogens with zero attached hydrogens (tertiary/aromatic N) is 3. The molecule has 4 heteroatoms. The van der Waals surface area contributed by atoms with Crippen LogP contribution in [0.25, 0.3) is 67.2 Å². The van der Waals surface area contributed by atoms with Gasteiger partial charge in [0, 0.05) is 27.5 Å². The number of furan rings is 1. The summed E-state index contributed by atoms with van der Waals surface area (Å²) in [6.45, 7) is 0. The Morgan fingerprint density at radius 3 is 1.78 bits per heavy atom. The number of rotatable bonds is 4. The van der Waals surface area contributed by atoms with Crippen molar-refractivity contribution in [2.75, 3.05) is 0 Å². The van der Waals surface area contributed by atoms with Crippen LogP contribution in [-0.4, -0.2) is 15.0 Å². The third-order valence-electron chi connectivity index (χ3n) is 5.92. The lowest BCUT2D eigenvalue weighted by molar-refractivity contribution is 0.669. The first-order valence-electron chi connectivity index (χ1n) is 16.4. The highest BCUT2D eigenvalue weighted by molar-refractivity contribution is 6.12. The summed E-state index contributed by atoms with van der Waals surface area (Å²) < 4.78 is 89.0. The van der Waals surface area contributed by atoms with Crippen LogP contribution in [-0.2, 0) is 0 Å². The van der Waals surface area contributed by atoms with Crippen LogP contribution in [0.1, 0.15) is 13.7 Å². The van der Waals surface area contributed by atoms with Gasteiger partial charge in [0.25, 0.3) is 0 Å². The predicted octanol–water partition coefficient (Wildman–Crippen LogP) is 8.44. The van der Waals surface area contributed by atoms with E-state index in [2.05, 4.69) is 15.0 Å². The zero-order valence-corrected chi connectivity index (χ0v) is 19.1. The Morgan fingerprint density at radius 1 is 0.514 bits per heavy atom. The Hall–Kier alpha value is -5.09. The van der Waals surface area contributed by atoms with Gasteiger partial charge in [-0.3, -0.25) is 0 Å². The smallest absolute Gasteiger partial charge is 0.164 e. The summed E-state index contributed by atoms with van der Waals surface area (Å²) in [4.78, 5) is 13.3. The summed E-state index contributed by atoms with van der Waals surface area (Å²) in [5.41, 5.74) is 2.86. The fourth-order valence-corrected chi connectivity index (χ4v) is 4.28. The summed E-state index contributed by atoms with van der Waals surface area (Å²) in [5, 5.41) is 1.71. The number of fused-ring (bicyclic) bond motifs is 3. The van der Waals surface area contributed by atoms with Crippen molar-refractivity contribution in [2.24, 2.45) is 0 Å². The highest BCUT2D eigenvalue weighted by Gasteiger charge is 2.16. The van der Waals surface area contributed by atoms with Crippen LogP contribution in [0, 0.1) is 0 Å². The number of benzene rings is 5. The minimum atomic E-state index is -0.606. The first-order valence-corrected chi connectivity index (χ1v) is 11.4. The van der Waals surface area contributed by atoms with Crippen LogP contribution in [0.4, 0.5) is 0 Å².